The second kappa shape index (κ2) is 5.65. The summed E-state index contributed by atoms with van der Waals surface area (Å²) in [5.41, 5.74) is 6.24. The highest BCUT2D eigenvalue weighted by molar-refractivity contribution is 7.16. The van der Waals surface area contributed by atoms with Crippen molar-refractivity contribution >= 4 is 16.3 Å². The number of aromatic nitrogens is 4. The molecule has 116 valence electrons. The zero-order chi connectivity index (χ0) is 15.0. The zero-order valence-electron chi connectivity index (χ0n) is 13.2. The highest BCUT2D eigenvalue weighted by Crippen LogP contribution is 2.36. The van der Waals surface area contributed by atoms with E-state index in [4.69, 9.17) is 10.8 Å². The van der Waals surface area contributed by atoms with Crippen LogP contribution in [0.3, 0.4) is 0 Å². The molecule has 0 bridgehead atoms. The molecule has 21 heavy (non-hydrogen) atoms. The van der Waals surface area contributed by atoms with Crippen LogP contribution in [0, 0.1) is 5.41 Å². The standard InChI is InChI=1S/C15H25N5S/c1-15(2,3)8-11(9-16)13-19-20-12(10-6-4-5-7-10)17-18-14(20)21-13/h10-11H,4-9,16H2,1-3H3. The van der Waals surface area contributed by atoms with Crippen molar-refractivity contribution in [1.29, 1.82) is 0 Å². The summed E-state index contributed by atoms with van der Waals surface area (Å²) in [5, 5.41) is 14.6. The molecule has 0 radical (unpaired) electrons. The first-order chi connectivity index (χ1) is 9.98. The first kappa shape index (κ1) is 14.9. The molecule has 6 heteroatoms. The van der Waals surface area contributed by atoms with Crippen LogP contribution in [0.2, 0.25) is 0 Å². The van der Waals surface area contributed by atoms with Crippen LogP contribution in [0.5, 0.6) is 0 Å². The van der Waals surface area contributed by atoms with Gasteiger partial charge in [0.15, 0.2) is 5.82 Å². The predicted molar refractivity (Wildman–Crippen MR) is 85.7 cm³/mol. The van der Waals surface area contributed by atoms with E-state index in [1.54, 1.807) is 11.3 Å². The zero-order valence-corrected chi connectivity index (χ0v) is 14.0. The van der Waals surface area contributed by atoms with Crippen molar-refractivity contribution in [2.24, 2.45) is 11.1 Å². The molecule has 1 atom stereocenters. The minimum atomic E-state index is 0.254. The van der Waals surface area contributed by atoms with Gasteiger partial charge in [-0.1, -0.05) is 44.9 Å². The van der Waals surface area contributed by atoms with Gasteiger partial charge >= 0.3 is 0 Å². The maximum atomic E-state index is 5.98. The fourth-order valence-electron chi connectivity index (χ4n) is 3.26. The van der Waals surface area contributed by atoms with Crippen molar-refractivity contribution in [3.63, 3.8) is 0 Å². The van der Waals surface area contributed by atoms with E-state index in [1.165, 1.54) is 25.7 Å². The Morgan fingerprint density at radius 1 is 1.29 bits per heavy atom. The van der Waals surface area contributed by atoms with Gasteiger partial charge in [-0.05, 0) is 24.7 Å². The smallest absolute Gasteiger partial charge is 0.234 e. The molecule has 1 unspecified atom stereocenters. The number of fused-ring (bicyclic) bond motifs is 1. The maximum absolute atomic E-state index is 5.98. The summed E-state index contributed by atoms with van der Waals surface area (Å²) < 4.78 is 1.97. The molecule has 1 saturated carbocycles. The summed E-state index contributed by atoms with van der Waals surface area (Å²) in [7, 11) is 0. The molecular formula is C15H25N5S. The van der Waals surface area contributed by atoms with Gasteiger partial charge in [0, 0.05) is 18.4 Å². The van der Waals surface area contributed by atoms with E-state index in [2.05, 4.69) is 31.0 Å². The SMILES string of the molecule is CC(C)(C)CC(CN)c1nn2c(C3CCCC3)nnc2s1. The third kappa shape index (κ3) is 3.11. The lowest BCUT2D eigenvalue weighted by molar-refractivity contribution is 0.340. The second-order valence-corrected chi connectivity index (χ2v) is 8.36. The number of nitrogens with two attached hydrogens (primary N) is 1. The van der Waals surface area contributed by atoms with Gasteiger partial charge in [0.25, 0.3) is 0 Å². The lowest BCUT2D eigenvalue weighted by Gasteiger charge is -2.23. The Balaban J connectivity index is 1.89. The van der Waals surface area contributed by atoms with Gasteiger partial charge in [-0.2, -0.15) is 9.61 Å². The van der Waals surface area contributed by atoms with Gasteiger partial charge in [0.2, 0.25) is 4.96 Å². The quantitative estimate of drug-likeness (QED) is 0.940. The van der Waals surface area contributed by atoms with Crippen LogP contribution in [0.1, 0.15) is 75.5 Å². The molecule has 1 fully saturated rings. The highest BCUT2D eigenvalue weighted by Gasteiger charge is 2.27. The summed E-state index contributed by atoms with van der Waals surface area (Å²) in [5.74, 6) is 1.90. The van der Waals surface area contributed by atoms with E-state index in [9.17, 15) is 0 Å². The monoisotopic (exact) mass is 307 g/mol. The molecule has 1 aliphatic carbocycles. The highest BCUT2D eigenvalue weighted by atomic mass is 32.1. The Morgan fingerprint density at radius 3 is 2.62 bits per heavy atom. The van der Waals surface area contributed by atoms with Crippen molar-refractivity contribution in [2.45, 2.75) is 64.7 Å². The van der Waals surface area contributed by atoms with E-state index < -0.39 is 0 Å². The molecule has 2 aromatic heterocycles. The first-order valence-corrected chi connectivity index (χ1v) is 8.71. The molecule has 2 heterocycles. The van der Waals surface area contributed by atoms with E-state index in [-0.39, 0.29) is 5.41 Å². The molecule has 0 spiro atoms. The fourth-order valence-corrected chi connectivity index (χ4v) is 4.22. The average Bonchev–Trinajstić information content (AvgIpc) is 3.09. The first-order valence-electron chi connectivity index (χ1n) is 7.90. The summed E-state index contributed by atoms with van der Waals surface area (Å²) >= 11 is 1.65. The fraction of sp³-hybridized carbons (Fsp3) is 0.800. The molecule has 0 aromatic carbocycles. The second-order valence-electron chi connectivity index (χ2n) is 7.37. The number of rotatable bonds is 4. The Morgan fingerprint density at radius 2 is 2.00 bits per heavy atom. The van der Waals surface area contributed by atoms with Gasteiger partial charge in [0.05, 0.1) is 0 Å². The van der Waals surface area contributed by atoms with Crippen molar-refractivity contribution in [3.8, 4) is 0 Å². The minimum absolute atomic E-state index is 0.254. The molecule has 5 nitrogen and oxygen atoms in total. The summed E-state index contributed by atoms with van der Waals surface area (Å²) in [6, 6.07) is 0. The normalized spacial score (nSPS) is 18.7. The Hall–Kier alpha value is -1.01. The summed E-state index contributed by atoms with van der Waals surface area (Å²) in [6.45, 7) is 7.39. The van der Waals surface area contributed by atoms with Crippen LogP contribution in [-0.2, 0) is 0 Å². The number of hydrogen-bond donors (Lipinski definition) is 1. The van der Waals surface area contributed by atoms with Gasteiger partial charge in [-0.15, -0.1) is 10.2 Å². The van der Waals surface area contributed by atoms with E-state index in [0.29, 0.717) is 18.4 Å². The van der Waals surface area contributed by atoms with Crippen LogP contribution in [0.15, 0.2) is 0 Å². The van der Waals surface area contributed by atoms with Gasteiger partial charge in [0.1, 0.15) is 5.01 Å². The van der Waals surface area contributed by atoms with Crippen LogP contribution < -0.4 is 5.73 Å². The van der Waals surface area contributed by atoms with Crippen molar-refractivity contribution in [1.82, 2.24) is 19.8 Å². The van der Waals surface area contributed by atoms with E-state index >= 15 is 0 Å². The Labute approximate surface area is 129 Å². The molecule has 0 saturated heterocycles. The van der Waals surface area contributed by atoms with Crippen molar-refractivity contribution < 1.29 is 0 Å². The van der Waals surface area contributed by atoms with E-state index in [1.807, 2.05) is 4.52 Å². The van der Waals surface area contributed by atoms with Crippen LogP contribution in [0.25, 0.3) is 4.96 Å². The molecule has 0 amide bonds. The van der Waals surface area contributed by atoms with Gasteiger partial charge in [-0.3, -0.25) is 0 Å². The topological polar surface area (TPSA) is 69.1 Å². The number of hydrogen-bond acceptors (Lipinski definition) is 5. The lowest BCUT2D eigenvalue weighted by atomic mass is 9.85. The Kier molecular flexibility index (Phi) is 4.01. The molecular weight excluding hydrogens is 282 g/mol. The van der Waals surface area contributed by atoms with Crippen LogP contribution in [0.4, 0.5) is 0 Å². The number of nitrogens with zero attached hydrogens (tertiary/aromatic N) is 4. The average molecular weight is 307 g/mol. The van der Waals surface area contributed by atoms with Crippen LogP contribution >= 0.6 is 11.3 Å². The Bertz CT molecular complexity index is 603. The minimum Gasteiger partial charge on any atom is -0.330 e. The lowest BCUT2D eigenvalue weighted by Crippen LogP contribution is -2.19. The van der Waals surface area contributed by atoms with Gasteiger partial charge < -0.3 is 5.73 Å². The van der Waals surface area contributed by atoms with E-state index in [0.717, 1.165) is 22.2 Å². The molecule has 2 N–H and O–H groups in total. The third-order valence-electron chi connectivity index (χ3n) is 4.24. The van der Waals surface area contributed by atoms with Crippen LogP contribution in [-0.4, -0.2) is 26.4 Å². The largest absolute Gasteiger partial charge is 0.330 e. The molecule has 3 rings (SSSR count). The summed E-state index contributed by atoms with van der Waals surface area (Å²) in [6.07, 6.45) is 6.08. The molecule has 0 aliphatic heterocycles. The van der Waals surface area contributed by atoms with Crippen molar-refractivity contribution in [3.05, 3.63) is 10.8 Å². The maximum Gasteiger partial charge on any atom is 0.234 e. The van der Waals surface area contributed by atoms with Crippen molar-refractivity contribution in [2.75, 3.05) is 6.54 Å². The predicted octanol–water partition coefficient (Wildman–Crippen LogP) is 3.32. The van der Waals surface area contributed by atoms with Gasteiger partial charge in [-0.25, -0.2) is 0 Å². The third-order valence-corrected chi connectivity index (χ3v) is 5.30. The summed E-state index contributed by atoms with van der Waals surface area (Å²) in [4.78, 5) is 0.916. The molecule has 1 aliphatic rings. The molecule has 2 aromatic rings.